The minimum atomic E-state index is -0.899. The Morgan fingerprint density at radius 3 is 2.69 bits per heavy atom. The van der Waals surface area contributed by atoms with Gasteiger partial charge in [-0.2, -0.15) is 0 Å². The molecule has 5 heteroatoms. The van der Waals surface area contributed by atoms with Crippen molar-refractivity contribution in [1.29, 1.82) is 0 Å². The highest BCUT2D eigenvalue weighted by atomic mass is 16.5. The van der Waals surface area contributed by atoms with Crippen LogP contribution in [-0.4, -0.2) is 55.0 Å². The Labute approximate surface area is 77.7 Å². The third-order valence-electron chi connectivity index (χ3n) is 2.02. The molecule has 0 aromatic heterocycles. The molecular weight excluding hydrogens is 172 g/mol. The van der Waals surface area contributed by atoms with Gasteiger partial charge in [0.25, 0.3) is 0 Å². The number of ether oxygens (including phenoxy) is 1. The van der Waals surface area contributed by atoms with E-state index in [1.165, 1.54) is 0 Å². The van der Waals surface area contributed by atoms with E-state index in [0.29, 0.717) is 6.61 Å². The predicted octanol–water partition coefficient (Wildman–Crippen LogP) is -0.661. The summed E-state index contributed by atoms with van der Waals surface area (Å²) in [7, 11) is 0. The maximum atomic E-state index is 10.8. The summed E-state index contributed by atoms with van der Waals surface area (Å²) < 4.78 is 5.14. The van der Waals surface area contributed by atoms with Gasteiger partial charge in [-0.05, 0) is 6.92 Å². The van der Waals surface area contributed by atoms with E-state index in [1.807, 2.05) is 4.90 Å². The lowest BCUT2D eigenvalue weighted by molar-refractivity contribution is -0.165. The monoisotopic (exact) mass is 188 g/mol. The molecule has 0 radical (unpaired) electrons. The van der Waals surface area contributed by atoms with Gasteiger partial charge in [0.05, 0.1) is 0 Å². The van der Waals surface area contributed by atoms with Crippen molar-refractivity contribution in [3.05, 3.63) is 0 Å². The molecule has 1 unspecified atom stereocenters. The van der Waals surface area contributed by atoms with Crippen LogP contribution in [-0.2, 0) is 9.53 Å². The zero-order valence-electron chi connectivity index (χ0n) is 7.82. The van der Waals surface area contributed by atoms with Crippen LogP contribution < -0.4 is 5.32 Å². The molecule has 1 aliphatic rings. The van der Waals surface area contributed by atoms with Crippen molar-refractivity contribution in [3.8, 4) is 0 Å². The predicted molar refractivity (Wildman–Crippen MR) is 47.5 cm³/mol. The molecule has 76 valence electrons. The van der Waals surface area contributed by atoms with Crippen LogP contribution in [0.1, 0.15) is 6.92 Å². The van der Waals surface area contributed by atoms with E-state index in [9.17, 15) is 4.79 Å². The van der Waals surface area contributed by atoms with Crippen molar-refractivity contribution in [1.82, 2.24) is 10.2 Å². The highest BCUT2D eigenvalue weighted by Crippen LogP contribution is 2.03. The molecule has 2 N–H and O–H groups in total. The number of piperazine rings is 1. The number of carbonyl (C=O) groups is 1. The number of carboxylic acid groups (broad SMARTS) is 1. The molecule has 0 spiro atoms. The molecule has 13 heavy (non-hydrogen) atoms. The Morgan fingerprint density at radius 2 is 2.23 bits per heavy atom. The second-order valence-corrected chi connectivity index (χ2v) is 2.93. The highest BCUT2D eigenvalue weighted by Gasteiger charge is 2.26. The van der Waals surface area contributed by atoms with Gasteiger partial charge in [0.1, 0.15) is 0 Å². The normalized spacial score (nSPS) is 21.3. The SMILES string of the molecule is CCOC(C(=O)O)N1CCNCC1. The first-order valence-electron chi connectivity index (χ1n) is 4.55. The van der Waals surface area contributed by atoms with Gasteiger partial charge in [-0.1, -0.05) is 0 Å². The number of hydrogen-bond acceptors (Lipinski definition) is 4. The van der Waals surface area contributed by atoms with Gasteiger partial charge in [-0.15, -0.1) is 0 Å². The lowest BCUT2D eigenvalue weighted by Gasteiger charge is -2.31. The van der Waals surface area contributed by atoms with Crippen LogP contribution in [0.2, 0.25) is 0 Å². The van der Waals surface area contributed by atoms with Crippen molar-refractivity contribution in [2.24, 2.45) is 0 Å². The van der Waals surface area contributed by atoms with Gasteiger partial charge in [-0.3, -0.25) is 4.90 Å². The summed E-state index contributed by atoms with van der Waals surface area (Å²) in [6, 6.07) is 0. The molecule has 0 aromatic carbocycles. The summed E-state index contributed by atoms with van der Waals surface area (Å²) in [5.41, 5.74) is 0. The summed E-state index contributed by atoms with van der Waals surface area (Å²) in [6.07, 6.45) is -0.771. The molecule has 1 aliphatic heterocycles. The summed E-state index contributed by atoms with van der Waals surface area (Å²) >= 11 is 0. The lowest BCUT2D eigenvalue weighted by atomic mass is 10.3. The van der Waals surface area contributed by atoms with Crippen molar-refractivity contribution in [3.63, 3.8) is 0 Å². The van der Waals surface area contributed by atoms with Crippen LogP contribution in [0.25, 0.3) is 0 Å². The zero-order chi connectivity index (χ0) is 9.68. The quantitative estimate of drug-likeness (QED) is 0.613. The van der Waals surface area contributed by atoms with E-state index in [1.54, 1.807) is 6.92 Å². The molecule has 1 saturated heterocycles. The van der Waals surface area contributed by atoms with Gasteiger partial charge in [0, 0.05) is 32.8 Å². The third-order valence-corrected chi connectivity index (χ3v) is 2.02. The Hall–Kier alpha value is -0.650. The van der Waals surface area contributed by atoms with E-state index in [4.69, 9.17) is 9.84 Å². The molecular formula is C8H16N2O3. The molecule has 1 heterocycles. The number of hydrogen-bond donors (Lipinski definition) is 2. The topological polar surface area (TPSA) is 61.8 Å². The molecule has 0 saturated carbocycles. The van der Waals surface area contributed by atoms with Crippen LogP contribution in [0, 0.1) is 0 Å². The average Bonchev–Trinajstić information content (AvgIpc) is 2.15. The van der Waals surface area contributed by atoms with Crippen molar-refractivity contribution >= 4 is 5.97 Å². The summed E-state index contributed by atoms with van der Waals surface area (Å²) in [5.74, 6) is -0.899. The highest BCUT2D eigenvalue weighted by molar-refractivity contribution is 5.71. The van der Waals surface area contributed by atoms with Gasteiger partial charge < -0.3 is 15.2 Å². The summed E-state index contributed by atoms with van der Waals surface area (Å²) in [5, 5.41) is 12.0. The van der Waals surface area contributed by atoms with Crippen LogP contribution in [0.3, 0.4) is 0 Å². The van der Waals surface area contributed by atoms with Gasteiger partial charge in [-0.25, -0.2) is 4.79 Å². The number of aliphatic carboxylic acids is 1. The Kier molecular flexibility index (Phi) is 4.14. The van der Waals surface area contributed by atoms with Crippen LogP contribution in [0.5, 0.6) is 0 Å². The Morgan fingerprint density at radius 1 is 1.62 bits per heavy atom. The van der Waals surface area contributed by atoms with Crippen LogP contribution in [0.4, 0.5) is 0 Å². The molecule has 0 aliphatic carbocycles. The van der Waals surface area contributed by atoms with Crippen molar-refractivity contribution in [2.75, 3.05) is 32.8 Å². The van der Waals surface area contributed by atoms with E-state index in [0.717, 1.165) is 26.2 Å². The number of nitrogens with one attached hydrogen (secondary N) is 1. The molecule has 1 rings (SSSR count). The molecule has 5 nitrogen and oxygen atoms in total. The minimum absolute atomic E-state index is 0.431. The van der Waals surface area contributed by atoms with E-state index in [2.05, 4.69) is 5.32 Å². The molecule has 0 bridgehead atoms. The third kappa shape index (κ3) is 2.95. The maximum absolute atomic E-state index is 10.8. The van der Waals surface area contributed by atoms with Crippen LogP contribution >= 0.6 is 0 Å². The van der Waals surface area contributed by atoms with E-state index in [-0.39, 0.29) is 0 Å². The number of nitrogens with zero attached hydrogens (tertiary/aromatic N) is 1. The van der Waals surface area contributed by atoms with E-state index >= 15 is 0 Å². The summed E-state index contributed by atoms with van der Waals surface area (Å²) in [6.45, 7) is 5.36. The first-order chi connectivity index (χ1) is 6.25. The van der Waals surface area contributed by atoms with Gasteiger partial charge in [0.2, 0.25) is 6.23 Å². The lowest BCUT2D eigenvalue weighted by Crippen LogP contribution is -2.52. The zero-order valence-corrected chi connectivity index (χ0v) is 7.82. The minimum Gasteiger partial charge on any atom is -0.478 e. The second-order valence-electron chi connectivity index (χ2n) is 2.93. The molecule has 1 atom stereocenters. The molecule has 0 aromatic rings. The van der Waals surface area contributed by atoms with Crippen LogP contribution in [0.15, 0.2) is 0 Å². The Balaban J connectivity index is 2.46. The van der Waals surface area contributed by atoms with Crippen molar-refractivity contribution in [2.45, 2.75) is 13.2 Å². The fourth-order valence-electron chi connectivity index (χ4n) is 1.41. The average molecular weight is 188 g/mol. The Bertz CT molecular complexity index is 169. The molecule has 0 amide bonds. The number of carboxylic acids is 1. The maximum Gasteiger partial charge on any atom is 0.348 e. The van der Waals surface area contributed by atoms with Crippen molar-refractivity contribution < 1.29 is 14.6 Å². The second kappa shape index (κ2) is 5.16. The first-order valence-corrected chi connectivity index (χ1v) is 4.55. The number of rotatable bonds is 4. The fraction of sp³-hybridized carbons (Fsp3) is 0.875. The van der Waals surface area contributed by atoms with Gasteiger partial charge in [0.15, 0.2) is 0 Å². The van der Waals surface area contributed by atoms with E-state index < -0.39 is 12.2 Å². The summed E-state index contributed by atoms with van der Waals surface area (Å²) in [4.78, 5) is 12.6. The van der Waals surface area contributed by atoms with Gasteiger partial charge >= 0.3 is 5.97 Å². The first kappa shape index (κ1) is 10.4. The standard InChI is InChI=1S/C8H16N2O3/c1-2-13-7(8(11)12)10-5-3-9-4-6-10/h7,9H,2-6H2,1H3,(H,11,12). The smallest absolute Gasteiger partial charge is 0.348 e. The largest absolute Gasteiger partial charge is 0.478 e. The molecule has 1 fully saturated rings. The fourth-order valence-corrected chi connectivity index (χ4v) is 1.41.